The van der Waals surface area contributed by atoms with Crippen molar-refractivity contribution in [3.63, 3.8) is 0 Å². The second kappa shape index (κ2) is 13.7. The molecule has 1 fully saturated rings. The maximum absolute atomic E-state index is 13.4. The minimum Gasteiger partial charge on any atom is -0.497 e. The third-order valence-electron chi connectivity index (χ3n) is 9.47. The molecule has 0 aliphatic carbocycles. The van der Waals surface area contributed by atoms with Crippen LogP contribution in [0.3, 0.4) is 0 Å². The minimum atomic E-state index is -0.240. The molecule has 0 radical (unpaired) electrons. The molecule has 1 saturated heterocycles. The van der Waals surface area contributed by atoms with Crippen LogP contribution < -0.4 is 20.1 Å². The Balaban J connectivity index is 1.28. The molecule has 242 valence electrons. The number of hydrogen-bond donors (Lipinski definition) is 4. The van der Waals surface area contributed by atoms with Crippen molar-refractivity contribution in [2.45, 2.75) is 38.1 Å². The number of nitrogens with zero attached hydrogens (tertiary/aromatic N) is 3. The molecule has 1 unspecified atom stereocenters. The molecule has 0 bridgehead atoms. The first-order valence-electron chi connectivity index (χ1n) is 16.3. The Morgan fingerprint density at radius 2 is 1.64 bits per heavy atom. The van der Waals surface area contributed by atoms with Crippen molar-refractivity contribution in [2.24, 2.45) is 5.92 Å². The molecule has 1 aliphatic rings. The minimum absolute atomic E-state index is 0.00744. The van der Waals surface area contributed by atoms with E-state index in [-0.39, 0.29) is 17.7 Å². The molecule has 3 aromatic heterocycles. The molecule has 3 aromatic carbocycles. The first kappa shape index (κ1) is 30.6. The van der Waals surface area contributed by atoms with E-state index in [1.54, 1.807) is 14.2 Å². The normalized spacial score (nSPS) is 14.4. The van der Waals surface area contributed by atoms with Crippen LogP contribution in [0.25, 0.3) is 21.8 Å². The lowest BCUT2D eigenvalue weighted by atomic mass is 9.94. The summed E-state index contributed by atoms with van der Waals surface area (Å²) in [7, 11) is 3.33. The fourth-order valence-corrected chi connectivity index (χ4v) is 6.86. The van der Waals surface area contributed by atoms with Gasteiger partial charge in [-0.1, -0.05) is 36.4 Å². The Labute approximate surface area is 273 Å². The van der Waals surface area contributed by atoms with E-state index in [2.05, 4.69) is 61.7 Å². The quantitative estimate of drug-likeness (QED) is 0.145. The lowest BCUT2D eigenvalue weighted by Crippen LogP contribution is -2.40. The Kier molecular flexibility index (Phi) is 8.92. The van der Waals surface area contributed by atoms with E-state index in [1.165, 1.54) is 10.9 Å². The van der Waals surface area contributed by atoms with Crippen molar-refractivity contribution in [2.75, 3.05) is 33.9 Å². The zero-order valence-electron chi connectivity index (χ0n) is 26.9. The fraction of sp³-hybridized carbons (Fsp3) is 0.324. The van der Waals surface area contributed by atoms with Gasteiger partial charge in [-0.15, -0.1) is 10.2 Å². The summed E-state index contributed by atoms with van der Waals surface area (Å²) in [5.74, 6) is 2.99. The number of carbonyl (C=O) groups is 1. The molecule has 47 heavy (non-hydrogen) atoms. The van der Waals surface area contributed by atoms with Crippen molar-refractivity contribution in [3.05, 3.63) is 107 Å². The Morgan fingerprint density at radius 1 is 0.894 bits per heavy atom. The Bertz CT molecular complexity index is 1980. The number of aryl methyl sites for hydroxylation is 2. The second-order valence-electron chi connectivity index (χ2n) is 12.2. The van der Waals surface area contributed by atoms with E-state index in [0.29, 0.717) is 19.5 Å². The number of rotatable bonds is 12. The molecule has 0 spiro atoms. The summed E-state index contributed by atoms with van der Waals surface area (Å²) in [5, 5.41) is 18.7. The average molecular weight is 632 g/mol. The number of methoxy groups -OCH3 is 2. The van der Waals surface area contributed by atoms with Gasteiger partial charge in [-0.25, -0.2) is 0 Å². The molecule has 10 heteroatoms. The summed E-state index contributed by atoms with van der Waals surface area (Å²) >= 11 is 0. The van der Waals surface area contributed by atoms with Gasteiger partial charge in [0.25, 0.3) is 0 Å². The van der Waals surface area contributed by atoms with E-state index in [1.807, 2.05) is 42.6 Å². The summed E-state index contributed by atoms with van der Waals surface area (Å²) in [6.07, 6.45) is 7.31. The Morgan fingerprint density at radius 3 is 2.43 bits per heavy atom. The molecular weight excluding hydrogens is 590 g/mol. The van der Waals surface area contributed by atoms with E-state index in [9.17, 15) is 4.79 Å². The van der Waals surface area contributed by atoms with Crippen LogP contribution in [0.1, 0.15) is 47.1 Å². The van der Waals surface area contributed by atoms with Gasteiger partial charge < -0.3 is 34.6 Å². The summed E-state index contributed by atoms with van der Waals surface area (Å²) in [4.78, 5) is 20.3. The first-order valence-corrected chi connectivity index (χ1v) is 16.3. The highest BCUT2D eigenvalue weighted by atomic mass is 16.5. The van der Waals surface area contributed by atoms with Crippen molar-refractivity contribution in [1.82, 2.24) is 35.4 Å². The standard InChI is InChI=1S/C37H41N7O3/c1-46-27-13-11-26(34(19-27)47-2)23-44-35(14-12-25-20-39-32-9-5-3-7-28(25)32)42-43-36(44)31(22-41-37(45)24-15-17-38-18-16-24)30-21-40-33-10-6-4-8-29(30)33/h3-11,13,19-21,24,31,38-40H,12,14-18,22-23H2,1-2H3,(H,41,45). The molecule has 4 N–H and O–H groups in total. The SMILES string of the molecule is COc1ccc(Cn2c(CCc3c[nH]c4ccccc34)nnc2C(CNC(=O)C2CCNCC2)c2c[nH]c3ccccc23)c(OC)c1. The number of H-pyrrole nitrogens is 2. The van der Waals surface area contributed by atoms with Crippen LogP contribution in [0.15, 0.2) is 79.1 Å². The van der Waals surface area contributed by atoms with Crippen molar-refractivity contribution in [3.8, 4) is 11.5 Å². The largest absolute Gasteiger partial charge is 0.497 e. The highest BCUT2D eigenvalue weighted by Gasteiger charge is 2.28. The van der Waals surface area contributed by atoms with Crippen molar-refractivity contribution in [1.29, 1.82) is 0 Å². The smallest absolute Gasteiger partial charge is 0.223 e. The van der Waals surface area contributed by atoms with Crippen molar-refractivity contribution >= 4 is 27.7 Å². The van der Waals surface area contributed by atoms with E-state index < -0.39 is 0 Å². The van der Waals surface area contributed by atoms with Crippen LogP contribution in [0.2, 0.25) is 0 Å². The predicted octanol–water partition coefficient (Wildman–Crippen LogP) is 5.34. The van der Waals surface area contributed by atoms with E-state index in [0.717, 1.165) is 83.0 Å². The van der Waals surface area contributed by atoms with E-state index >= 15 is 0 Å². The molecule has 7 rings (SSSR count). The third kappa shape index (κ3) is 6.33. The van der Waals surface area contributed by atoms with Crippen LogP contribution in [0.5, 0.6) is 11.5 Å². The van der Waals surface area contributed by atoms with Crippen LogP contribution in [0, 0.1) is 5.92 Å². The molecular formula is C37H41N7O3. The number of piperidine rings is 1. The zero-order valence-corrected chi connectivity index (χ0v) is 26.9. The lowest BCUT2D eigenvalue weighted by molar-refractivity contribution is -0.125. The monoisotopic (exact) mass is 631 g/mol. The Hall–Kier alpha value is -5.09. The molecule has 4 heterocycles. The van der Waals surface area contributed by atoms with Gasteiger partial charge in [0.2, 0.25) is 5.91 Å². The fourth-order valence-electron chi connectivity index (χ4n) is 6.86. The molecule has 1 aliphatic heterocycles. The van der Waals surface area contributed by atoms with Gasteiger partial charge >= 0.3 is 0 Å². The number of nitrogens with one attached hydrogen (secondary N) is 4. The van der Waals surface area contributed by atoms with Crippen LogP contribution in [-0.4, -0.2) is 64.5 Å². The molecule has 1 amide bonds. The van der Waals surface area contributed by atoms with Gasteiger partial charge in [-0.2, -0.15) is 0 Å². The number of aromatic nitrogens is 5. The average Bonchev–Trinajstić information content (AvgIpc) is 3.85. The molecule has 1 atom stereocenters. The summed E-state index contributed by atoms with van der Waals surface area (Å²) in [6.45, 7) is 2.63. The predicted molar refractivity (Wildman–Crippen MR) is 183 cm³/mol. The number of aromatic amines is 2. The number of amides is 1. The van der Waals surface area contributed by atoms with Gasteiger partial charge in [0.1, 0.15) is 23.1 Å². The van der Waals surface area contributed by atoms with Crippen LogP contribution in [-0.2, 0) is 24.2 Å². The van der Waals surface area contributed by atoms with Crippen molar-refractivity contribution < 1.29 is 14.3 Å². The van der Waals surface area contributed by atoms with Crippen LogP contribution in [0.4, 0.5) is 0 Å². The molecule has 6 aromatic rings. The zero-order chi connectivity index (χ0) is 32.2. The number of fused-ring (bicyclic) bond motifs is 2. The van der Waals surface area contributed by atoms with E-state index in [4.69, 9.17) is 19.7 Å². The molecule has 0 saturated carbocycles. The summed E-state index contributed by atoms with van der Waals surface area (Å²) < 4.78 is 13.5. The highest BCUT2D eigenvalue weighted by Crippen LogP contribution is 2.33. The maximum atomic E-state index is 13.4. The van der Waals surface area contributed by atoms with Gasteiger partial charge in [-0.3, -0.25) is 4.79 Å². The first-order chi connectivity index (χ1) is 23.1. The van der Waals surface area contributed by atoms with Crippen LogP contribution >= 0.6 is 0 Å². The molecule has 10 nitrogen and oxygen atoms in total. The van der Waals surface area contributed by atoms with Gasteiger partial charge in [0.15, 0.2) is 0 Å². The number of carbonyl (C=O) groups excluding carboxylic acids is 1. The summed E-state index contributed by atoms with van der Waals surface area (Å²) in [6, 6.07) is 22.5. The highest BCUT2D eigenvalue weighted by molar-refractivity contribution is 5.85. The third-order valence-corrected chi connectivity index (χ3v) is 9.47. The maximum Gasteiger partial charge on any atom is 0.223 e. The second-order valence-corrected chi connectivity index (χ2v) is 12.2. The lowest BCUT2D eigenvalue weighted by Gasteiger charge is -2.24. The summed E-state index contributed by atoms with van der Waals surface area (Å²) in [5.41, 5.74) is 5.46. The van der Waals surface area contributed by atoms with Gasteiger partial charge in [0, 0.05) is 64.7 Å². The number of benzene rings is 3. The number of hydrogen-bond acceptors (Lipinski definition) is 6. The topological polar surface area (TPSA) is 122 Å². The number of ether oxygens (including phenoxy) is 2. The van der Waals surface area contributed by atoms with Gasteiger partial charge in [-0.05, 0) is 67.7 Å². The van der Waals surface area contributed by atoms with Gasteiger partial charge in [0.05, 0.1) is 26.7 Å². The number of para-hydroxylation sites is 2.